The minimum atomic E-state index is -0.132. The second kappa shape index (κ2) is 3.86. The molecule has 1 N–H and O–H groups in total. The summed E-state index contributed by atoms with van der Waals surface area (Å²) in [6.45, 7) is 1.87. The lowest BCUT2D eigenvalue weighted by molar-refractivity contribution is 0.133. The predicted molar refractivity (Wildman–Crippen MR) is 61.5 cm³/mol. The first-order valence-electron chi connectivity index (χ1n) is 5.65. The molecular formula is C11H14ClN3O. The van der Waals surface area contributed by atoms with E-state index in [-0.39, 0.29) is 11.4 Å². The molecule has 1 aliphatic carbocycles. The number of anilines is 1. The SMILES string of the molecule is OC1CCC2CN(c3ccnc(Cl)n3)CC12. The lowest BCUT2D eigenvalue weighted by Crippen LogP contribution is -2.25. The second-order valence-corrected chi connectivity index (χ2v) is 5.00. The summed E-state index contributed by atoms with van der Waals surface area (Å²) < 4.78 is 0. The number of fused-ring (bicyclic) bond motifs is 1. The lowest BCUT2D eigenvalue weighted by Gasteiger charge is -2.19. The molecule has 86 valence electrons. The maximum atomic E-state index is 9.83. The molecule has 2 aliphatic rings. The van der Waals surface area contributed by atoms with Crippen molar-refractivity contribution in [1.29, 1.82) is 0 Å². The van der Waals surface area contributed by atoms with E-state index in [1.165, 1.54) is 0 Å². The van der Waals surface area contributed by atoms with Crippen molar-refractivity contribution in [2.24, 2.45) is 11.8 Å². The van der Waals surface area contributed by atoms with Crippen LogP contribution >= 0.6 is 11.6 Å². The molecule has 1 aromatic rings. The molecule has 1 aliphatic heterocycles. The van der Waals surface area contributed by atoms with E-state index in [0.29, 0.717) is 11.8 Å². The summed E-state index contributed by atoms with van der Waals surface area (Å²) in [6, 6.07) is 1.87. The van der Waals surface area contributed by atoms with Gasteiger partial charge in [-0.3, -0.25) is 0 Å². The van der Waals surface area contributed by atoms with Crippen LogP contribution in [0.5, 0.6) is 0 Å². The average molecular weight is 240 g/mol. The number of nitrogens with zero attached hydrogens (tertiary/aromatic N) is 3. The van der Waals surface area contributed by atoms with Crippen LogP contribution in [0, 0.1) is 11.8 Å². The molecule has 0 aromatic carbocycles. The lowest BCUT2D eigenvalue weighted by atomic mass is 10.00. The fourth-order valence-corrected chi connectivity index (χ4v) is 3.07. The first-order valence-corrected chi connectivity index (χ1v) is 6.03. The van der Waals surface area contributed by atoms with Crippen LogP contribution < -0.4 is 4.90 Å². The average Bonchev–Trinajstić information content (AvgIpc) is 2.81. The van der Waals surface area contributed by atoms with E-state index in [1.54, 1.807) is 6.20 Å². The monoisotopic (exact) mass is 239 g/mol. The highest BCUT2D eigenvalue weighted by Gasteiger charge is 2.42. The summed E-state index contributed by atoms with van der Waals surface area (Å²) in [5, 5.41) is 10.1. The third kappa shape index (κ3) is 1.66. The van der Waals surface area contributed by atoms with Crippen LogP contribution in [0.4, 0.5) is 5.82 Å². The molecule has 16 heavy (non-hydrogen) atoms. The van der Waals surface area contributed by atoms with Gasteiger partial charge in [0.25, 0.3) is 0 Å². The van der Waals surface area contributed by atoms with Crippen molar-refractivity contribution < 1.29 is 5.11 Å². The number of rotatable bonds is 1. The minimum Gasteiger partial charge on any atom is -0.393 e. The summed E-state index contributed by atoms with van der Waals surface area (Å²) in [5.74, 6) is 1.90. The van der Waals surface area contributed by atoms with Crippen LogP contribution in [-0.4, -0.2) is 34.3 Å². The van der Waals surface area contributed by atoms with Crippen LogP contribution in [0.3, 0.4) is 0 Å². The van der Waals surface area contributed by atoms with Crippen molar-refractivity contribution >= 4 is 17.4 Å². The second-order valence-electron chi connectivity index (χ2n) is 4.66. The zero-order chi connectivity index (χ0) is 11.1. The third-order valence-corrected chi connectivity index (χ3v) is 3.94. The van der Waals surface area contributed by atoms with Crippen LogP contribution in [-0.2, 0) is 0 Å². The van der Waals surface area contributed by atoms with Crippen molar-refractivity contribution in [3.63, 3.8) is 0 Å². The highest BCUT2D eigenvalue weighted by atomic mass is 35.5. The van der Waals surface area contributed by atoms with Gasteiger partial charge < -0.3 is 10.0 Å². The Balaban J connectivity index is 1.79. The molecule has 3 atom stereocenters. The molecule has 2 fully saturated rings. The topological polar surface area (TPSA) is 49.2 Å². The van der Waals surface area contributed by atoms with E-state index < -0.39 is 0 Å². The summed E-state index contributed by atoms with van der Waals surface area (Å²) in [5.41, 5.74) is 0. The van der Waals surface area contributed by atoms with Crippen molar-refractivity contribution in [2.75, 3.05) is 18.0 Å². The highest BCUT2D eigenvalue weighted by molar-refractivity contribution is 6.28. The minimum absolute atomic E-state index is 0.132. The summed E-state index contributed by atoms with van der Waals surface area (Å²) in [7, 11) is 0. The molecule has 0 spiro atoms. The van der Waals surface area contributed by atoms with E-state index in [1.807, 2.05) is 6.07 Å². The molecule has 0 radical (unpaired) electrons. The van der Waals surface area contributed by atoms with Crippen molar-refractivity contribution in [1.82, 2.24) is 9.97 Å². The normalized spacial score (nSPS) is 33.1. The van der Waals surface area contributed by atoms with Crippen molar-refractivity contribution in [3.05, 3.63) is 17.5 Å². The van der Waals surface area contributed by atoms with Gasteiger partial charge in [-0.2, -0.15) is 0 Å². The van der Waals surface area contributed by atoms with Gasteiger partial charge in [-0.05, 0) is 36.4 Å². The fraction of sp³-hybridized carbons (Fsp3) is 0.636. The van der Waals surface area contributed by atoms with E-state index in [9.17, 15) is 5.11 Å². The Morgan fingerprint density at radius 3 is 3.00 bits per heavy atom. The molecule has 1 saturated carbocycles. The number of hydrogen-bond donors (Lipinski definition) is 1. The Bertz CT molecular complexity index is 401. The molecule has 3 rings (SSSR count). The Morgan fingerprint density at radius 1 is 1.38 bits per heavy atom. The number of aliphatic hydroxyl groups is 1. The number of aliphatic hydroxyl groups excluding tert-OH is 1. The molecule has 5 heteroatoms. The van der Waals surface area contributed by atoms with Crippen molar-refractivity contribution in [2.45, 2.75) is 18.9 Å². The van der Waals surface area contributed by atoms with Crippen LogP contribution in [0.15, 0.2) is 12.3 Å². The Labute approximate surface area is 99.3 Å². The first kappa shape index (κ1) is 10.3. The molecule has 0 amide bonds. The quantitative estimate of drug-likeness (QED) is 0.752. The fourth-order valence-electron chi connectivity index (χ4n) is 2.93. The smallest absolute Gasteiger partial charge is 0.224 e. The largest absolute Gasteiger partial charge is 0.393 e. The molecule has 1 aromatic heterocycles. The van der Waals surface area contributed by atoms with Gasteiger partial charge in [-0.15, -0.1) is 0 Å². The molecule has 1 saturated heterocycles. The third-order valence-electron chi connectivity index (χ3n) is 3.75. The molecule has 3 unspecified atom stereocenters. The summed E-state index contributed by atoms with van der Waals surface area (Å²) in [4.78, 5) is 10.3. The van der Waals surface area contributed by atoms with E-state index in [0.717, 1.165) is 31.7 Å². The molecular weight excluding hydrogens is 226 g/mol. The number of aromatic nitrogens is 2. The van der Waals surface area contributed by atoms with Gasteiger partial charge >= 0.3 is 0 Å². The van der Waals surface area contributed by atoms with Gasteiger partial charge in [0, 0.05) is 25.2 Å². The zero-order valence-corrected chi connectivity index (χ0v) is 9.64. The summed E-state index contributed by atoms with van der Waals surface area (Å²) >= 11 is 5.77. The molecule has 2 heterocycles. The Morgan fingerprint density at radius 2 is 2.25 bits per heavy atom. The van der Waals surface area contributed by atoms with Gasteiger partial charge in [0.2, 0.25) is 5.28 Å². The van der Waals surface area contributed by atoms with E-state index in [2.05, 4.69) is 14.9 Å². The van der Waals surface area contributed by atoms with Crippen molar-refractivity contribution in [3.8, 4) is 0 Å². The number of halogens is 1. The van der Waals surface area contributed by atoms with E-state index in [4.69, 9.17) is 11.6 Å². The zero-order valence-electron chi connectivity index (χ0n) is 8.88. The maximum Gasteiger partial charge on any atom is 0.224 e. The van der Waals surface area contributed by atoms with Gasteiger partial charge in [0.1, 0.15) is 5.82 Å². The highest BCUT2D eigenvalue weighted by Crippen LogP contribution is 2.39. The number of hydrogen-bond acceptors (Lipinski definition) is 4. The van der Waals surface area contributed by atoms with Gasteiger partial charge in [0.15, 0.2) is 0 Å². The first-order chi connectivity index (χ1) is 7.74. The molecule has 4 nitrogen and oxygen atoms in total. The van der Waals surface area contributed by atoms with Crippen LogP contribution in [0.25, 0.3) is 0 Å². The van der Waals surface area contributed by atoms with Gasteiger partial charge in [-0.1, -0.05) is 0 Å². The summed E-state index contributed by atoms with van der Waals surface area (Å²) in [6.07, 6.45) is 3.62. The van der Waals surface area contributed by atoms with Gasteiger partial charge in [0.05, 0.1) is 6.10 Å². The predicted octanol–water partition coefficient (Wildman–Crippen LogP) is 1.34. The van der Waals surface area contributed by atoms with Crippen LogP contribution in [0.1, 0.15) is 12.8 Å². The molecule has 0 bridgehead atoms. The van der Waals surface area contributed by atoms with Crippen LogP contribution in [0.2, 0.25) is 5.28 Å². The Kier molecular flexibility index (Phi) is 2.48. The van der Waals surface area contributed by atoms with E-state index >= 15 is 0 Å². The Hall–Kier alpha value is -0.870. The standard InChI is InChI=1S/C11H14ClN3O/c12-11-13-4-3-10(14-11)15-5-7-1-2-9(16)8(7)6-15/h3-4,7-9,16H,1-2,5-6H2. The van der Waals surface area contributed by atoms with Gasteiger partial charge in [-0.25, -0.2) is 9.97 Å². The maximum absolute atomic E-state index is 9.83.